The number of anilines is 1. The second-order valence-electron chi connectivity index (χ2n) is 5.20. The van der Waals surface area contributed by atoms with Crippen LogP contribution in [0.25, 0.3) is 0 Å². The van der Waals surface area contributed by atoms with E-state index < -0.39 is 0 Å². The summed E-state index contributed by atoms with van der Waals surface area (Å²) in [6.45, 7) is 2.31. The Labute approximate surface area is 125 Å². The van der Waals surface area contributed by atoms with Gasteiger partial charge >= 0.3 is 0 Å². The molecule has 1 saturated carbocycles. The molecule has 0 heterocycles. The van der Waals surface area contributed by atoms with Crippen LogP contribution in [-0.2, 0) is 0 Å². The molecule has 0 radical (unpaired) electrons. The first-order valence-electron chi connectivity index (χ1n) is 6.90. The number of hydrogen-bond donors (Lipinski definition) is 2. The summed E-state index contributed by atoms with van der Waals surface area (Å²) in [5.41, 5.74) is 1.05. The van der Waals surface area contributed by atoms with Crippen molar-refractivity contribution < 1.29 is 0 Å². The number of hydrogen-bond acceptors (Lipinski definition) is 2. The molecular formula is C15H22N2S2. The minimum Gasteiger partial charge on any atom is -0.359 e. The summed E-state index contributed by atoms with van der Waals surface area (Å²) >= 11 is 7.15. The molecule has 0 amide bonds. The summed E-state index contributed by atoms with van der Waals surface area (Å²) in [5.74, 6) is 0.715. The fraction of sp³-hybridized carbons (Fsp3) is 0.533. The van der Waals surface area contributed by atoms with Crippen molar-refractivity contribution in [1.82, 2.24) is 5.32 Å². The molecular weight excluding hydrogens is 272 g/mol. The van der Waals surface area contributed by atoms with E-state index in [1.807, 2.05) is 0 Å². The predicted octanol–water partition coefficient (Wildman–Crippen LogP) is 4.27. The van der Waals surface area contributed by atoms with Crippen LogP contribution < -0.4 is 10.6 Å². The lowest BCUT2D eigenvalue weighted by atomic mass is 9.86. The summed E-state index contributed by atoms with van der Waals surface area (Å²) in [7, 11) is 0. The molecule has 4 heteroatoms. The minimum absolute atomic E-state index is 0.527. The van der Waals surface area contributed by atoms with Crippen LogP contribution >= 0.6 is 24.0 Å². The summed E-state index contributed by atoms with van der Waals surface area (Å²) in [6.07, 6.45) is 7.29. The van der Waals surface area contributed by atoms with Crippen LogP contribution in [0.1, 0.15) is 32.6 Å². The Morgan fingerprint density at radius 3 is 2.53 bits per heavy atom. The largest absolute Gasteiger partial charge is 0.359 e. The number of nitrogens with one attached hydrogen (secondary N) is 2. The zero-order valence-corrected chi connectivity index (χ0v) is 13.2. The van der Waals surface area contributed by atoms with Crippen molar-refractivity contribution in [2.24, 2.45) is 5.92 Å². The van der Waals surface area contributed by atoms with Crippen molar-refractivity contribution in [2.75, 3.05) is 11.6 Å². The van der Waals surface area contributed by atoms with Crippen molar-refractivity contribution >= 4 is 34.8 Å². The molecule has 0 bridgehead atoms. The van der Waals surface area contributed by atoms with E-state index in [1.165, 1.54) is 30.6 Å². The maximum absolute atomic E-state index is 5.40. The van der Waals surface area contributed by atoms with Gasteiger partial charge in [0.1, 0.15) is 0 Å². The molecule has 1 aliphatic carbocycles. The lowest BCUT2D eigenvalue weighted by molar-refractivity contribution is 0.309. The van der Waals surface area contributed by atoms with Crippen LogP contribution in [0.2, 0.25) is 0 Å². The third-order valence-corrected chi connectivity index (χ3v) is 4.74. The van der Waals surface area contributed by atoms with Gasteiger partial charge in [-0.25, -0.2) is 0 Å². The maximum Gasteiger partial charge on any atom is 0.171 e. The van der Waals surface area contributed by atoms with E-state index in [1.54, 1.807) is 11.8 Å². The van der Waals surface area contributed by atoms with Gasteiger partial charge in [0.05, 0.1) is 0 Å². The highest BCUT2D eigenvalue weighted by Gasteiger charge is 2.21. The maximum atomic E-state index is 5.40. The molecule has 1 aromatic carbocycles. The number of benzene rings is 1. The van der Waals surface area contributed by atoms with Gasteiger partial charge in [-0.05, 0) is 61.5 Å². The van der Waals surface area contributed by atoms with Gasteiger partial charge in [-0.2, -0.15) is 0 Å². The van der Waals surface area contributed by atoms with E-state index >= 15 is 0 Å². The first-order valence-corrected chi connectivity index (χ1v) is 8.54. The lowest BCUT2D eigenvalue weighted by Crippen LogP contribution is -2.43. The van der Waals surface area contributed by atoms with Crippen LogP contribution in [0.5, 0.6) is 0 Å². The Balaban J connectivity index is 1.86. The minimum atomic E-state index is 0.527. The van der Waals surface area contributed by atoms with Crippen LogP contribution in [0.4, 0.5) is 5.69 Å². The van der Waals surface area contributed by atoms with Crippen molar-refractivity contribution in [3.8, 4) is 0 Å². The predicted molar refractivity (Wildman–Crippen MR) is 89.0 cm³/mol. The van der Waals surface area contributed by atoms with Crippen molar-refractivity contribution in [3.05, 3.63) is 24.3 Å². The number of thioether (sulfide) groups is 1. The fourth-order valence-electron chi connectivity index (χ4n) is 2.54. The molecule has 2 N–H and O–H groups in total. The quantitative estimate of drug-likeness (QED) is 0.642. The highest BCUT2D eigenvalue weighted by molar-refractivity contribution is 7.98. The van der Waals surface area contributed by atoms with Gasteiger partial charge in [0, 0.05) is 16.6 Å². The smallest absolute Gasteiger partial charge is 0.171 e. The van der Waals surface area contributed by atoms with E-state index in [9.17, 15) is 0 Å². The highest BCUT2D eigenvalue weighted by atomic mass is 32.2. The molecule has 2 nitrogen and oxygen atoms in total. The van der Waals surface area contributed by atoms with Gasteiger partial charge in [-0.15, -0.1) is 11.8 Å². The molecule has 0 saturated heterocycles. The Morgan fingerprint density at radius 1 is 1.21 bits per heavy atom. The molecule has 1 aromatic rings. The zero-order valence-electron chi connectivity index (χ0n) is 11.6. The standard InChI is InChI=1S/C15H22N2S2/c1-11-5-3-4-6-14(11)17-15(18)16-12-7-9-13(19-2)10-8-12/h7-11,14H,3-6H2,1-2H3,(H2,16,17,18)/t11-,14-/m1/s1. The first-order chi connectivity index (χ1) is 9.19. The van der Waals surface area contributed by atoms with Crippen molar-refractivity contribution in [2.45, 2.75) is 43.5 Å². The van der Waals surface area contributed by atoms with E-state index in [2.05, 4.69) is 48.1 Å². The third kappa shape index (κ3) is 4.39. The third-order valence-electron chi connectivity index (χ3n) is 3.78. The van der Waals surface area contributed by atoms with Crippen LogP contribution in [0.3, 0.4) is 0 Å². The topological polar surface area (TPSA) is 24.1 Å². The van der Waals surface area contributed by atoms with Gasteiger partial charge in [0.15, 0.2) is 5.11 Å². The van der Waals surface area contributed by atoms with Gasteiger partial charge in [-0.1, -0.05) is 19.8 Å². The van der Waals surface area contributed by atoms with Crippen molar-refractivity contribution in [3.63, 3.8) is 0 Å². The SMILES string of the molecule is CSc1ccc(NC(=S)N[C@@H]2CCCC[C@H]2C)cc1. The van der Waals surface area contributed by atoms with E-state index in [-0.39, 0.29) is 0 Å². The molecule has 2 rings (SSSR count). The van der Waals surface area contributed by atoms with Gasteiger partial charge in [-0.3, -0.25) is 0 Å². The van der Waals surface area contributed by atoms with Crippen molar-refractivity contribution in [1.29, 1.82) is 0 Å². The molecule has 0 aromatic heterocycles. The lowest BCUT2D eigenvalue weighted by Gasteiger charge is -2.30. The Bertz CT molecular complexity index is 417. The molecule has 0 aliphatic heterocycles. The normalized spacial score (nSPS) is 22.8. The number of rotatable bonds is 3. The summed E-state index contributed by atoms with van der Waals surface area (Å²) < 4.78 is 0. The van der Waals surface area contributed by atoms with E-state index in [0.717, 1.165) is 10.8 Å². The monoisotopic (exact) mass is 294 g/mol. The molecule has 2 atom stereocenters. The molecule has 19 heavy (non-hydrogen) atoms. The second-order valence-corrected chi connectivity index (χ2v) is 6.48. The fourth-order valence-corrected chi connectivity index (χ4v) is 3.22. The van der Waals surface area contributed by atoms with Gasteiger partial charge in [0.25, 0.3) is 0 Å². The summed E-state index contributed by atoms with van der Waals surface area (Å²) in [5, 5.41) is 7.48. The number of thiocarbonyl (C=S) groups is 1. The van der Waals surface area contributed by atoms with Crippen LogP contribution in [-0.4, -0.2) is 17.4 Å². The van der Waals surface area contributed by atoms with E-state index in [4.69, 9.17) is 12.2 Å². The Kier molecular flexibility index (Phi) is 5.52. The average Bonchev–Trinajstić information content (AvgIpc) is 2.42. The summed E-state index contributed by atoms with van der Waals surface area (Å²) in [4.78, 5) is 1.27. The van der Waals surface area contributed by atoms with Gasteiger partial charge in [0.2, 0.25) is 0 Å². The molecule has 1 aliphatic rings. The van der Waals surface area contributed by atoms with Crippen LogP contribution in [0.15, 0.2) is 29.2 Å². The molecule has 0 spiro atoms. The molecule has 1 fully saturated rings. The first kappa shape index (κ1) is 14.7. The van der Waals surface area contributed by atoms with Gasteiger partial charge < -0.3 is 10.6 Å². The Morgan fingerprint density at radius 2 is 1.89 bits per heavy atom. The summed E-state index contributed by atoms with van der Waals surface area (Å²) in [6, 6.07) is 8.89. The Hall–Kier alpha value is -0.740. The highest BCUT2D eigenvalue weighted by Crippen LogP contribution is 2.24. The molecule has 0 unspecified atom stereocenters. The molecule has 104 valence electrons. The zero-order chi connectivity index (χ0) is 13.7. The second kappa shape index (κ2) is 7.15. The van der Waals surface area contributed by atoms with Crippen LogP contribution in [0, 0.1) is 5.92 Å². The van der Waals surface area contributed by atoms with E-state index in [0.29, 0.717) is 12.0 Å². The average molecular weight is 294 g/mol.